The Morgan fingerprint density at radius 3 is 2.75 bits per heavy atom. The molecule has 0 amide bonds. The van der Waals surface area contributed by atoms with Crippen molar-refractivity contribution in [2.24, 2.45) is 0 Å². The van der Waals surface area contributed by atoms with Gasteiger partial charge in [0.2, 0.25) is 16.0 Å². The number of anilines is 1. The van der Waals surface area contributed by atoms with Crippen LogP contribution in [0, 0.1) is 11.3 Å². The Balaban J connectivity index is 2.22. The number of nitriles is 1. The van der Waals surface area contributed by atoms with E-state index in [-0.39, 0.29) is 16.9 Å². The Kier molecular flexibility index (Phi) is 4.17. The van der Waals surface area contributed by atoms with Gasteiger partial charge in [-0.1, -0.05) is 29.8 Å². The van der Waals surface area contributed by atoms with Gasteiger partial charge < -0.3 is 0 Å². The molecular weight excluding hydrogens is 300 g/mol. The summed E-state index contributed by atoms with van der Waals surface area (Å²) < 4.78 is 26.2. The van der Waals surface area contributed by atoms with Crippen LogP contribution in [0.15, 0.2) is 36.5 Å². The fourth-order valence-corrected chi connectivity index (χ4v) is 2.77. The second-order valence-corrected chi connectivity index (χ2v) is 5.94. The Labute approximate surface area is 121 Å². The van der Waals surface area contributed by atoms with Gasteiger partial charge in [-0.15, -0.1) is 0 Å². The molecule has 0 saturated carbocycles. The molecule has 0 saturated heterocycles. The lowest BCUT2D eigenvalue weighted by atomic mass is 10.1. The third-order valence-corrected chi connectivity index (χ3v) is 3.75. The minimum absolute atomic E-state index is 0.105. The first kappa shape index (κ1) is 14.2. The fourth-order valence-electron chi connectivity index (χ4n) is 1.52. The molecule has 0 spiro atoms. The summed E-state index contributed by atoms with van der Waals surface area (Å²) in [4.78, 5) is 7.50. The van der Waals surface area contributed by atoms with Crippen LogP contribution in [0.3, 0.4) is 0 Å². The average Bonchev–Trinajstić information content (AvgIpc) is 2.38. The summed E-state index contributed by atoms with van der Waals surface area (Å²) in [5.41, 5.74) is 0.717. The summed E-state index contributed by atoms with van der Waals surface area (Å²) in [7, 11) is -3.72. The van der Waals surface area contributed by atoms with Crippen molar-refractivity contribution >= 4 is 27.6 Å². The van der Waals surface area contributed by atoms with Crippen molar-refractivity contribution in [2.75, 3.05) is 4.72 Å². The van der Waals surface area contributed by atoms with E-state index in [0.717, 1.165) is 0 Å². The summed E-state index contributed by atoms with van der Waals surface area (Å²) in [6.45, 7) is 0. The Hall–Kier alpha value is -2.17. The van der Waals surface area contributed by atoms with Gasteiger partial charge >= 0.3 is 0 Å². The molecule has 8 heteroatoms. The molecule has 102 valence electrons. The van der Waals surface area contributed by atoms with Crippen LogP contribution in [-0.2, 0) is 15.8 Å². The Bertz CT molecular complexity index is 771. The van der Waals surface area contributed by atoms with Gasteiger partial charge in [-0.05, 0) is 17.7 Å². The van der Waals surface area contributed by atoms with E-state index in [9.17, 15) is 8.42 Å². The van der Waals surface area contributed by atoms with Crippen LogP contribution in [0.25, 0.3) is 0 Å². The van der Waals surface area contributed by atoms with Gasteiger partial charge in [0, 0.05) is 6.20 Å². The largest absolute Gasteiger partial charge is 0.251 e. The van der Waals surface area contributed by atoms with Crippen LogP contribution in [0.5, 0.6) is 0 Å². The van der Waals surface area contributed by atoms with Crippen molar-refractivity contribution in [2.45, 2.75) is 5.75 Å². The number of nitrogens with zero attached hydrogens (tertiary/aromatic N) is 3. The van der Waals surface area contributed by atoms with Crippen LogP contribution in [0.2, 0.25) is 5.15 Å². The van der Waals surface area contributed by atoms with Crippen LogP contribution < -0.4 is 4.72 Å². The van der Waals surface area contributed by atoms with Gasteiger partial charge in [0.25, 0.3) is 0 Å². The quantitative estimate of drug-likeness (QED) is 0.871. The van der Waals surface area contributed by atoms with Gasteiger partial charge in [-0.25, -0.2) is 18.4 Å². The molecule has 20 heavy (non-hydrogen) atoms. The number of hydrogen-bond donors (Lipinski definition) is 1. The molecule has 0 atom stereocenters. The predicted molar refractivity (Wildman–Crippen MR) is 74.4 cm³/mol. The van der Waals surface area contributed by atoms with E-state index in [1.165, 1.54) is 12.3 Å². The molecule has 2 aromatic rings. The number of aromatic nitrogens is 2. The summed E-state index contributed by atoms with van der Waals surface area (Å²) in [5, 5.41) is 9.07. The standard InChI is InChI=1S/C12H9ClN4O2S/c13-11-5-6-15-12(16-11)17-20(18,19)8-10-4-2-1-3-9(10)7-14/h1-6H,8H2,(H,15,16,17). The minimum Gasteiger partial charge on any atom is -0.251 e. The molecule has 0 fully saturated rings. The number of hydrogen-bond acceptors (Lipinski definition) is 5. The lowest BCUT2D eigenvalue weighted by Gasteiger charge is -2.07. The number of nitrogens with one attached hydrogen (secondary N) is 1. The molecular formula is C12H9ClN4O2S. The molecule has 2 rings (SSSR count). The van der Waals surface area contributed by atoms with E-state index < -0.39 is 10.0 Å². The van der Waals surface area contributed by atoms with E-state index in [4.69, 9.17) is 16.9 Å². The highest BCUT2D eigenvalue weighted by Gasteiger charge is 2.15. The van der Waals surface area contributed by atoms with Crippen molar-refractivity contribution in [3.63, 3.8) is 0 Å². The van der Waals surface area contributed by atoms with Crippen LogP contribution in [-0.4, -0.2) is 18.4 Å². The highest BCUT2D eigenvalue weighted by atomic mass is 35.5. The summed E-state index contributed by atoms with van der Waals surface area (Å²) >= 11 is 5.65. The van der Waals surface area contributed by atoms with Crippen molar-refractivity contribution in [3.8, 4) is 6.07 Å². The van der Waals surface area contributed by atoms with Crippen molar-refractivity contribution in [3.05, 3.63) is 52.8 Å². The average molecular weight is 309 g/mol. The molecule has 0 bridgehead atoms. The second kappa shape index (κ2) is 5.86. The van der Waals surface area contributed by atoms with E-state index in [1.54, 1.807) is 24.3 Å². The van der Waals surface area contributed by atoms with Gasteiger partial charge in [0.05, 0.1) is 17.4 Å². The summed E-state index contributed by atoms with van der Waals surface area (Å²) in [6.07, 6.45) is 1.34. The zero-order chi connectivity index (χ0) is 14.6. The molecule has 0 radical (unpaired) electrons. The first-order valence-corrected chi connectivity index (χ1v) is 7.50. The maximum Gasteiger partial charge on any atom is 0.239 e. The maximum absolute atomic E-state index is 12.0. The van der Waals surface area contributed by atoms with E-state index in [2.05, 4.69) is 14.7 Å². The number of sulfonamides is 1. The Morgan fingerprint density at radius 2 is 2.05 bits per heavy atom. The van der Waals surface area contributed by atoms with Crippen LogP contribution in [0.4, 0.5) is 5.95 Å². The molecule has 0 aliphatic carbocycles. The third kappa shape index (κ3) is 3.66. The monoisotopic (exact) mass is 308 g/mol. The van der Waals surface area contributed by atoms with Gasteiger partial charge in [-0.2, -0.15) is 5.26 Å². The first-order valence-electron chi connectivity index (χ1n) is 5.47. The van der Waals surface area contributed by atoms with Gasteiger partial charge in [0.1, 0.15) is 5.15 Å². The fraction of sp³-hybridized carbons (Fsp3) is 0.0833. The molecule has 1 aromatic heterocycles. The lowest BCUT2D eigenvalue weighted by molar-refractivity contribution is 0.600. The van der Waals surface area contributed by atoms with Crippen molar-refractivity contribution < 1.29 is 8.42 Å². The summed E-state index contributed by atoms with van der Waals surface area (Å²) in [5.74, 6) is -0.445. The number of benzene rings is 1. The molecule has 1 heterocycles. The number of halogens is 1. The molecule has 1 aromatic carbocycles. The van der Waals surface area contributed by atoms with Gasteiger partial charge in [0.15, 0.2) is 0 Å². The lowest BCUT2D eigenvalue weighted by Crippen LogP contribution is -2.17. The highest BCUT2D eigenvalue weighted by Crippen LogP contribution is 2.14. The minimum atomic E-state index is -3.72. The maximum atomic E-state index is 12.0. The molecule has 0 aliphatic heterocycles. The second-order valence-electron chi connectivity index (χ2n) is 3.83. The zero-order valence-electron chi connectivity index (χ0n) is 10.1. The van der Waals surface area contributed by atoms with E-state index in [0.29, 0.717) is 11.1 Å². The van der Waals surface area contributed by atoms with Crippen molar-refractivity contribution in [1.29, 1.82) is 5.26 Å². The predicted octanol–water partition coefficient (Wildman–Crippen LogP) is 1.94. The Morgan fingerprint density at radius 1 is 1.30 bits per heavy atom. The van der Waals surface area contributed by atoms with Crippen LogP contribution in [0.1, 0.15) is 11.1 Å². The molecule has 0 unspecified atom stereocenters. The van der Waals surface area contributed by atoms with E-state index >= 15 is 0 Å². The topological polar surface area (TPSA) is 95.7 Å². The van der Waals surface area contributed by atoms with Gasteiger partial charge in [-0.3, -0.25) is 4.72 Å². The number of rotatable bonds is 4. The molecule has 1 N–H and O–H groups in total. The van der Waals surface area contributed by atoms with E-state index in [1.807, 2.05) is 6.07 Å². The molecule has 0 aliphatic rings. The van der Waals surface area contributed by atoms with Crippen molar-refractivity contribution in [1.82, 2.24) is 9.97 Å². The van der Waals surface area contributed by atoms with Crippen LogP contribution >= 0.6 is 11.6 Å². The normalized spacial score (nSPS) is 10.8. The highest BCUT2D eigenvalue weighted by molar-refractivity contribution is 7.91. The third-order valence-electron chi connectivity index (χ3n) is 2.35. The zero-order valence-corrected chi connectivity index (χ0v) is 11.7. The molecule has 6 nitrogen and oxygen atoms in total. The SMILES string of the molecule is N#Cc1ccccc1CS(=O)(=O)Nc1nccc(Cl)n1. The first-order chi connectivity index (χ1) is 9.50. The smallest absolute Gasteiger partial charge is 0.239 e. The summed E-state index contributed by atoms with van der Waals surface area (Å²) in [6, 6.07) is 9.85.